The van der Waals surface area contributed by atoms with Gasteiger partial charge in [0.05, 0.1) is 30.2 Å². The topological polar surface area (TPSA) is 68.5 Å². The van der Waals surface area contributed by atoms with E-state index in [9.17, 15) is 18.0 Å². The highest BCUT2D eigenvalue weighted by molar-refractivity contribution is 5.82. The molecule has 1 aliphatic heterocycles. The maximum absolute atomic E-state index is 13.7. The highest BCUT2D eigenvalue weighted by atomic mass is 19.4. The average Bonchev–Trinajstić information content (AvgIpc) is 3.16. The SMILES string of the molecule is COc1cccc(CC(=O)N2CCC[C@H](c3noc4nc(C)cc(C(F)(F)F)c34)C2)c1. The Hall–Kier alpha value is -3.10. The van der Waals surface area contributed by atoms with Crippen molar-refractivity contribution in [3.63, 3.8) is 0 Å². The van der Waals surface area contributed by atoms with Crippen LogP contribution in [-0.4, -0.2) is 41.1 Å². The molecule has 0 unspecified atom stereocenters. The lowest BCUT2D eigenvalue weighted by Crippen LogP contribution is -2.40. The lowest BCUT2D eigenvalue weighted by Gasteiger charge is -2.32. The van der Waals surface area contributed by atoms with Crippen molar-refractivity contribution in [2.24, 2.45) is 0 Å². The zero-order valence-corrected chi connectivity index (χ0v) is 17.2. The minimum Gasteiger partial charge on any atom is -0.497 e. The molecule has 1 aromatic carbocycles. The predicted octanol–water partition coefficient (Wildman–Crippen LogP) is 4.51. The standard InChI is InChI=1S/C22H22F3N3O3/c1-13-9-17(22(23,24)25)19-20(27-31-21(19)26-13)15-6-4-8-28(12-15)18(29)11-14-5-3-7-16(10-14)30-2/h3,5,7,9-10,15H,4,6,8,11-12H2,1-2H3/t15-/m0/s1. The smallest absolute Gasteiger partial charge is 0.417 e. The third kappa shape index (κ3) is 4.35. The first-order chi connectivity index (χ1) is 14.8. The van der Waals surface area contributed by atoms with Gasteiger partial charge in [-0.1, -0.05) is 17.3 Å². The first-order valence-corrected chi connectivity index (χ1v) is 10.0. The van der Waals surface area contributed by atoms with E-state index in [0.29, 0.717) is 25.1 Å². The minimum absolute atomic E-state index is 0.0873. The van der Waals surface area contributed by atoms with Crippen LogP contribution in [-0.2, 0) is 17.4 Å². The van der Waals surface area contributed by atoms with Crippen molar-refractivity contribution >= 4 is 17.0 Å². The van der Waals surface area contributed by atoms with Gasteiger partial charge in [-0.3, -0.25) is 4.79 Å². The van der Waals surface area contributed by atoms with Crippen molar-refractivity contribution in [3.05, 3.63) is 52.8 Å². The molecule has 3 heterocycles. The Morgan fingerprint density at radius 3 is 2.87 bits per heavy atom. The number of carbonyl (C=O) groups is 1. The van der Waals surface area contributed by atoms with Crippen molar-refractivity contribution in [1.82, 2.24) is 15.0 Å². The summed E-state index contributed by atoms with van der Waals surface area (Å²) in [5.41, 5.74) is 0.320. The van der Waals surface area contributed by atoms with E-state index in [2.05, 4.69) is 10.1 Å². The number of fused-ring (bicyclic) bond motifs is 1. The Morgan fingerprint density at radius 2 is 2.13 bits per heavy atom. The number of methoxy groups -OCH3 is 1. The molecule has 6 nitrogen and oxygen atoms in total. The van der Waals surface area contributed by atoms with Crippen LogP contribution in [0.5, 0.6) is 5.75 Å². The molecule has 0 N–H and O–H groups in total. The number of rotatable bonds is 4. The largest absolute Gasteiger partial charge is 0.497 e. The van der Waals surface area contributed by atoms with E-state index < -0.39 is 11.7 Å². The van der Waals surface area contributed by atoms with Gasteiger partial charge < -0.3 is 14.2 Å². The molecule has 1 fully saturated rings. The first kappa shape index (κ1) is 21.1. The van der Waals surface area contributed by atoms with Gasteiger partial charge in [0, 0.05) is 24.7 Å². The monoisotopic (exact) mass is 433 g/mol. The van der Waals surface area contributed by atoms with Gasteiger partial charge in [-0.15, -0.1) is 0 Å². The highest BCUT2D eigenvalue weighted by Gasteiger charge is 2.38. The fraction of sp³-hybridized carbons (Fsp3) is 0.409. The predicted molar refractivity (Wildman–Crippen MR) is 107 cm³/mol. The lowest BCUT2D eigenvalue weighted by molar-refractivity contribution is -0.136. The van der Waals surface area contributed by atoms with Gasteiger partial charge in [0.15, 0.2) is 0 Å². The van der Waals surface area contributed by atoms with Crippen LogP contribution < -0.4 is 4.74 Å². The molecule has 4 rings (SSSR count). The third-order valence-electron chi connectivity index (χ3n) is 5.56. The maximum Gasteiger partial charge on any atom is 0.417 e. The third-order valence-corrected chi connectivity index (χ3v) is 5.56. The Labute approximate surface area is 177 Å². The van der Waals surface area contributed by atoms with Crippen molar-refractivity contribution < 1.29 is 27.2 Å². The number of hydrogen-bond acceptors (Lipinski definition) is 5. The van der Waals surface area contributed by atoms with Crippen molar-refractivity contribution in [3.8, 4) is 5.75 Å². The summed E-state index contributed by atoms with van der Waals surface area (Å²) in [5.74, 6) is 0.226. The quantitative estimate of drug-likeness (QED) is 0.606. The van der Waals surface area contributed by atoms with E-state index in [0.717, 1.165) is 11.6 Å². The lowest BCUT2D eigenvalue weighted by atomic mass is 9.91. The van der Waals surface area contributed by atoms with Gasteiger partial charge in [-0.05, 0) is 43.5 Å². The van der Waals surface area contributed by atoms with E-state index in [1.807, 2.05) is 12.1 Å². The van der Waals surface area contributed by atoms with Crippen molar-refractivity contribution in [2.75, 3.05) is 20.2 Å². The molecule has 2 aromatic heterocycles. The second kappa shape index (κ2) is 8.20. The molecule has 1 aliphatic rings. The zero-order valence-electron chi connectivity index (χ0n) is 17.2. The van der Waals surface area contributed by atoms with Crippen LogP contribution in [0.25, 0.3) is 11.1 Å². The van der Waals surface area contributed by atoms with Crippen LogP contribution >= 0.6 is 0 Å². The van der Waals surface area contributed by atoms with Crippen molar-refractivity contribution in [1.29, 1.82) is 0 Å². The van der Waals surface area contributed by atoms with Gasteiger partial charge in [0.25, 0.3) is 5.71 Å². The number of amides is 1. The Bertz CT molecular complexity index is 1110. The second-order valence-corrected chi connectivity index (χ2v) is 7.76. The number of alkyl halides is 3. The number of piperidine rings is 1. The molecule has 31 heavy (non-hydrogen) atoms. The summed E-state index contributed by atoms with van der Waals surface area (Å²) in [6, 6.07) is 8.27. The fourth-order valence-electron chi connectivity index (χ4n) is 4.09. The molecule has 1 atom stereocenters. The molecule has 0 radical (unpaired) electrons. The summed E-state index contributed by atoms with van der Waals surface area (Å²) >= 11 is 0. The average molecular weight is 433 g/mol. The Morgan fingerprint density at radius 1 is 1.32 bits per heavy atom. The number of hydrogen-bond donors (Lipinski definition) is 0. The molecule has 9 heteroatoms. The molecule has 0 bridgehead atoms. The van der Waals surface area contributed by atoms with Gasteiger partial charge in [0.2, 0.25) is 5.91 Å². The van der Waals surface area contributed by atoms with Gasteiger partial charge in [0.1, 0.15) is 5.75 Å². The number of halogens is 3. The molecule has 1 saturated heterocycles. The summed E-state index contributed by atoms with van der Waals surface area (Å²) in [5, 5.41) is 3.84. The first-order valence-electron chi connectivity index (χ1n) is 10.0. The van der Waals surface area contributed by atoms with E-state index in [4.69, 9.17) is 9.26 Å². The summed E-state index contributed by atoms with van der Waals surface area (Å²) in [7, 11) is 1.56. The van der Waals surface area contributed by atoms with Crippen LogP contribution in [0.4, 0.5) is 13.2 Å². The van der Waals surface area contributed by atoms with Crippen molar-refractivity contribution in [2.45, 2.75) is 38.3 Å². The minimum atomic E-state index is -4.55. The van der Waals surface area contributed by atoms with Crippen LogP contribution in [0.2, 0.25) is 0 Å². The number of benzene rings is 1. The molecule has 1 amide bonds. The summed E-state index contributed by atoms with van der Waals surface area (Å²) in [4.78, 5) is 18.6. The summed E-state index contributed by atoms with van der Waals surface area (Å²) in [6.45, 7) is 2.32. The van der Waals surface area contributed by atoms with E-state index in [1.165, 1.54) is 6.92 Å². The Kier molecular flexibility index (Phi) is 5.60. The summed E-state index contributed by atoms with van der Waals surface area (Å²) in [6.07, 6.45) is -3.07. The van der Waals surface area contributed by atoms with E-state index in [1.54, 1.807) is 24.1 Å². The molecular weight excluding hydrogens is 411 g/mol. The number of likely N-dealkylation sites (tertiary alicyclic amines) is 1. The number of aryl methyl sites for hydroxylation is 1. The maximum atomic E-state index is 13.7. The van der Waals surface area contributed by atoms with Gasteiger partial charge in [-0.25, -0.2) is 4.98 Å². The van der Waals surface area contributed by atoms with Crippen LogP contribution in [0, 0.1) is 6.92 Å². The number of aromatic nitrogens is 2. The molecule has 3 aromatic rings. The molecular formula is C22H22F3N3O3. The molecule has 0 aliphatic carbocycles. The summed E-state index contributed by atoms with van der Waals surface area (Å²) < 4.78 is 51.3. The Balaban J connectivity index is 1.59. The van der Waals surface area contributed by atoms with Gasteiger partial charge >= 0.3 is 6.18 Å². The highest BCUT2D eigenvalue weighted by Crippen LogP contribution is 2.40. The fourth-order valence-corrected chi connectivity index (χ4v) is 4.09. The molecule has 0 spiro atoms. The number of pyridine rings is 1. The van der Waals surface area contributed by atoms with Crippen LogP contribution in [0.15, 0.2) is 34.9 Å². The van der Waals surface area contributed by atoms with E-state index >= 15 is 0 Å². The van der Waals surface area contributed by atoms with Gasteiger partial charge in [-0.2, -0.15) is 13.2 Å². The number of ether oxygens (including phenoxy) is 1. The normalized spacial score (nSPS) is 17.2. The van der Waals surface area contributed by atoms with Crippen LogP contribution in [0.1, 0.15) is 41.3 Å². The molecule has 164 valence electrons. The van der Waals surface area contributed by atoms with Crippen LogP contribution in [0.3, 0.4) is 0 Å². The van der Waals surface area contributed by atoms with E-state index in [-0.39, 0.29) is 47.3 Å². The zero-order chi connectivity index (χ0) is 22.2. The number of nitrogens with zero attached hydrogens (tertiary/aromatic N) is 3. The molecule has 0 saturated carbocycles. The second-order valence-electron chi connectivity index (χ2n) is 7.76. The number of carbonyl (C=O) groups excluding carboxylic acids is 1.